The number of nitrogens with two attached hydrogens (primary N) is 1. The van der Waals surface area contributed by atoms with Gasteiger partial charge < -0.3 is 11.1 Å². The summed E-state index contributed by atoms with van der Waals surface area (Å²) in [7, 11) is -0.729. The minimum Gasteiger partial charge on any atom is -0.368 e. The number of hydrogen-bond acceptors (Lipinski definition) is 8. The number of fused-ring (bicyclic) bond motifs is 1. The van der Waals surface area contributed by atoms with Crippen LogP contribution in [0, 0.1) is 0 Å². The van der Waals surface area contributed by atoms with Gasteiger partial charge in [0.1, 0.15) is 11.6 Å². The fourth-order valence-corrected chi connectivity index (χ4v) is 5.54. The molecule has 0 amide bonds. The molecule has 5 rings (SSSR count). The zero-order valence-corrected chi connectivity index (χ0v) is 23.5. The van der Waals surface area contributed by atoms with Gasteiger partial charge in [-0.25, -0.2) is 22.7 Å². The lowest BCUT2D eigenvalue weighted by molar-refractivity contribution is 0.521. The van der Waals surface area contributed by atoms with Gasteiger partial charge in [0.2, 0.25) is 16.0 Å². The Morgan fingerprint density at radius 2 is 1.73 bits per heavy atom. The maximum Gasteiger partial charge on any atom is 0.267 e. The first-order valence-corrected chi connectivity index (χ1v) is 14.1. The lowest BCUT2D eigenvalue weighted by Gasteiger charge is -2.21. The standard InChI is InChI=1S/C28H26ClN7O3S/c1-17(26-33-23-14-8-13-22(29)24(23)27(37)36(26)19-10-5-4-6-11-19)32-25-21(16-31-28(30)34-25)18-9-7-12-20(15-18)40(38,39)35(2)3/h4-17H,1-3H3,(H3,30,31,32,34). The molecule has 0 aliphatic carbocycles. The first-order valence-electron chi connectivity index (χ1n) is 12.3. The molecule has 12 heteroatoms. The first-order chi connectivity index (χ1) is 19.1. The molecule has 5 aromatic rings. The fourth-order valence-electron chi connectivity index (χ4n) is 4.35. The predicted molar refractivity (Wildman–Crippen MR) is 157 cm³/mol. The zero-order chi connectivity index (χ0) is 28.6. The molecule has 10 nitrogen and oxygen atoms in total. The van der Waals surface area contributed by atoms with Crippen LogP contribution < -0.4 is 16.6 Å². The average molecular weight is 576 g/mol. The molecule has 0 saturated heterocycles. The molecule has 0 spiro atoms. The van der Waals surface area contributed by atoms with Gasteiger partial charge in [0.05, 0.1) is 32.6 Å². The van der Waals surface area contributed by atoms with Crippen molar-refractivity contribution in [1.29, 1.82) is 0 Å². The van der Waals surface area contributed by atoms with Crippen molar-refractivity contribution in [3.63, 3.8) is 0 Å². The van der Waals surface area contributed by atoms with Gasteiger partial charge in [-0.15, -0.1) is 0 Å². The number of sulfonamides is 1. The molecule has 40 heavy (non-hydrogen) atoms. The van der Waals surface area contributed by atoms with Crippen LogP contribution in [-0.2, 0) is 10.0 Å². The number of aromatic nitrogens is 4. The van der Waals surface area contributed by atoms with Crippen LogP contribution in [0.25, 0.3) is 27.7 Å². The smallest absolute Gasteiger partial charge is 0.267 e. The van der Waals surface area contributed by atoms with Gasteiger partial charge >= 0.3 is 0 Å². The van der Waals surface area contributed by atoms with Crippen molar-refractivity contribution in [1.82, 2.24) is 23.8 Å². The summed E-state index contributed by atoms with van der Waals surface area (Å²) in [5, 5.41) is 3.94. The van der Waals surface area contributed by atoms with Crippen molar-refractivity contribution < 1.29 is 8.42 Å². The molecule has 1 unspecified atom stereocenters. The minimum absolute atomic E-state index is 0.0224. The highest BCUT2D eigenvalue weighted by molar-refractivity contribution is 7.89. The number of hydrogen-bond donors (Lipinski definition) is 2. The molecule has 2 heterocycles. The molecular formula is C28H26ClN7O3S. The Bertz CT molecular complexity index is 1890. The summed E-state index contributed by atoms with van der Waals surface area (Å²) in [6, 6.07) is 20.2. The number of nitrogens with zero attached hydrogens (tertiary/aromatic N) is 5. The summed E-state index contributed by atoms with van der Waals surface area (Å²) in [6.45, 7) is 1.84. The van der Waals surface area contributed by atoms with E-state index in [1.807, 2.05) is 37.3 Å². The van der Waals surface area contributed by atoms with Crippen molar-refractivity contribution in [2.24, 2.45) is 0 Å². The Morgan fingerprint density at radius 3 is 2.45 bits per heavy atom. The van der Waals surface area contributed by atoms with E-state index in [4.69, 9.17) is 22.3 Å². The largest absolute Gasteiger partial charge is 0.368 e. The maximum atomic E-state index is 13.8. The van der Waals surface area contributed by atoms with Gasteiger partial charge in [0.15, 0.2) is 0 Å². The van der Waals surface area contributed by atoms with E-state index in [0.717, 1.165) is 4.31 Å². The summed E-state index contributed by atoms with van der Waals surface area (Å²) in [4.78, 5) is 27.2. The molecule has 204 valence electrons. The number of rotatable bonds is 7. The summed E-state index contributed by atoms with van der Waals surface area (Å²) in [6.07, 6.45) is 1.52. The van der Waals surface area contributed by atoms with E-state index in [1.54, 1.807) is 36.4 Å². The Morgan fingerprint density at radius 1 is 1.00 bits per heavy atom. The summed E-state index contributed by atoms with van der Waals surface area (Å²) < 4.78 is 28.2. The molecule has 2 aromatic heterocycles. The highest BCUT2D eigenvalue weighted by Crippen LogP contribution is 2.31. The Balaban J connectivity index is 1.64. The van der Waals surface area contributed by atoms with Gasteiger partial charge in [-0.3, -0.25) is 9.36 Å². The molecule has 0 aliphatic rings. The topological polar surface area (TPSA) is 136 Å². The summed E-state index contributed by atoms with van der Waals surface area (Å²) in [5.74, 6) is 0.784. The van der Waals surface area contributed by atoms with Crippen molar-refractivity contribution in [3.8, 4) is 16.8 Å². The van der Waals surface area contributed by atoms with Gasteiger partial charge in [-0.05, 0) is 48.9 Å². The van der Waals surface area contributed by atoms with Crippen LogP contribution in [-0.4, -0.2) is 46.3 Å². The van der Waals surface area contributed by atoms with Crippen molar-refractivity contribution in [3.05, 3.63) is 100 Å². The second kappa shape index (κ2) is 10.7. The normalized spacial score (nSPS) is 12.5. The van der Waals surface area contributed by atoms with E-state index < -0.39 is 16.1 Å². The van der Waals surface area contributed by atoms with Crippen LogP contribution in [0.4, 0.5) is 11.8 Å². The fraction of sp³-hybridized carbons (Fsp3) is 0.143. The molecule has 1 atom stereocenters. The maximum absolute atomic E-state index is 13.8. The predicted octanol–water partition coefficient (Wildman–Crippen LogP) is 4.50. The molecular weight excluding hydrogens is 550 g/mol. The van der Waals surface area contributed by atoms with Crippen LogP contribution in [0.3, 0.4) is 0 Å². The highest BCUT2D eigenvalue weighted by Gasteiger charge is 2.22. The van der Waals surface area contributed by atoms with E-state index in [0.29, 0.717) is 44.4 Å². The average Bonchev–Trinajstić information content (AvgIpc) is 2.93. The number of anilines is 2. The molecule has 0 bridgehead atoms. The molecule has 3 aromatic carbocycles. The van der Waals surface area contributed by atoms with E-state index in [9.17, 15) is 13.2 Å². The number of nitrogen functional groups attached to an aromatic ring is 1. The number of benzene rings is 3. The third-order valence-corrected chi connectivity index (χ3v) is 8.48. The van der Waals surface area contributed by atoms with Crippen LogP contribution in [0.2, 0.25) is 5.02 Å². The van der Waals surface area contributed by atoms with Gasteiger partial charge in [0, 0.05) is 25.9 Å². The second-order valence-corrected chi connectivity index (χ2v) is 11.8. The monoisotopic (exact) mass is 575 g/mol. The quantitative estimate of drug-likeness (QED) is 0.289. The SMILES string of the molecule is CC(Nc1nc(N)ncc1-c1cccc(S(=O)(=O)N(C)C)c1)c1nc2cccc(Cl)c2c(=O)n1-c1ccccc1. The molecule has 3 N–H and O–H groups in total. The molecule has 0 aliphatic heterocycles. The first kappa shape index (κ1) is 27.3. The van der Waals surface area contributed by atoms with E-state index in [-0.39, 0.29) is 16.4 Å². The third kappa shape index (κ3) is 5.02. The van der Waals surface area contributed by atoms with Crippen molar-refractivity contribution in [2.45, 2.75) is 17.9 Å². The number of halogens is 1. The number of nitrogens with one attached hydrogen (secondary N) is 1. The molecule has 0 fully saturated rings. The Hall–Kier alpha value is -4.32. The van der Waals surface area contributed by atoms with Crippen LogP contribution in [0.15, 0.2) is 88.7 Å². The van der Waals surface area contributed by atoms with E-state index in [1.165, 1.54) is 30.9 Å². The second-order valence-electron chi connectivity index (χ2n) is 9.25. The van der Waals surface area contributed by atoms with Gasteiger partial charge in [-0.1, -0.05) is 48.0 Å². The Kier molecular flexibility index (Phi) is 7.28. The lowest BCUT2D eigenvalue weighted by Crippen LogP contribution is -2.27. The minimum atomic E-state index is -3.67. The van der Waals surface area contributed by atoms with Crippen LogP contribution in [0.1, 0.15) is 18.8 Å². The molecule has 0 saturated carbocycles. The van der Waals surface area contributed by atoms with Gasteiger partial charge in [0.25, 0.3) is 5.56 Å². The zero-order valence-electron chi connectivity index (χ0n) is 21.9. The van der Waals surface area contributed by atoms with Crippen molar-refractivity contribution >= 4 is 44.3 Å². The van der Waals surface area contributed by atoms with Gasteiger partial charge in [-0.2, -0.15) is 4.98 Å². The van der Waals surface area contributed by atoms with Crippen molar-refractivity contribution in [2.75, 3.05) is 25.1 Å². The van der Waals surface area contributed by atoms with Crippen LogP contribution in [0.5, 0.6) is 0 Å². The molecule has 0 radical (unpaired) electrons. The highest BCUT2D eigenvalue weighted by atomic mass is 35.5. The van der Waals surface area contributed by atoms with E-state index >= 15 is 0 Å². The lowest BCUT2D eigenvalue weighted by atomic mass is 10.1. The van der Waals surface area contributed by atoms with Crippen LogP contribution >= 0.6 is 11.6 Å². The summed E-state index contributed by atoms with van der Waals surface area (Å²) in [5.41, 5.74) is 7.80. The summed E-state index contributed by atoms with van der Waals surface area (Å²) >= 11 is 6.41. The van der Waals surface area contributed by atoms with E-state index in [2.05, 4.69) is 15.3 Å². The third-order valence-electron chi connectivity index (χ3n) is 6.36. The Labute approximate surface area is 236 Å². The number of para-hydroxylation sites is 1.